The van der Waals surface area contributed by atoms with Crippen molar-refractivity contribution >= 4 is 17.3 Å². The summed E-state index contributed by atoms with van der Waals surface area (Å²) in [6.45, 7) is 10.7. The molecule has 3 aromatic rings. The first-order valence-electron chi connectivity index (χ1n) is 9.97. The van der Waals surface area contributed by atoms with Crippen LogP contribution >= 0.6 is 0 Å². The molecule has 0 radical (unpaired) electrons. The summed E-state index contributed by atoms with van der Waals surface area (Å²) in [7, 11) is 0. The van der Waals surface area contributed by atoms with Gasteiger partial charge in [0.25, 0.3) is 0 Å². The topological polar surface area (TPSA) is 41.1 Å². The molecule has 4 rings (SSSR count). The number of benzene rings is 2. The van der Waals surface area contributed by atoms with Crippen LogP contribution in [0.1, 0.15) is 50.6 Å². The molecule has 1 N–H and O–H groups in total. The summed E-state index contributed by atoms with van der Waals surface area (Å²) in [5.74, 6) is 2.96. The molecule has 0 saturated heterocycles. The highest BCUT2D eigenvalue weighted by molar-refractivity contribution is 5.60. The van der Waals surface area contributed by atoms with Crippen LogP contribution in [0.4, 0.5) is 17.3 Å². The van der Waals surface area contributed by atoms with E-state index in [-0.39, 0.29) is 11.3 Å². The number of hydrogen-bond donors (Lipinski definition) is 1. The van der Waals surface area contributed by atoms with Crippen molar-refractivity contribution in [3.05, 3.63) is 77.6 Å². The Morgan fingerprint density at radius 3 is 2.43 bits per heavy atom. The molecule has 4 nitrogen and oxygen atoms in total. The summed E-state index contributed by atoms with van der Waals surface area (Å²) in [6.07, 6.45) is 0. The van der Waals surface area contributed by atoms with Crippen molar-refractivity contribution in [3.8, 4) is 0 Å². The van der Waals surface area contributed by atoms with E-state index < -0.39 is 0 Å². The van der Waals surface area contributed by atoms with Crippen LogP contribution in [-0.2, 0) is 12.0 Å². The first-order valence-corrected chi connectivity index (χ1v) is 9.97. The fourth-order valence-corrected chi connectivity index (χ4v) is 3.91. The summed E-state index contributed by atoms with van der Waals surface area (Å²) in [5.41, 5.74) is 3.92. The van der Waals surface area contributed by atoms with Crippen LogP contribution in [0.3, 0.4) is 0 Å². The number of aromatic nitrogens is 2. The number of rotatable bonds is 4. The van der Waals surface area contributed by atoms with Gasteiger partial charge in [0.1, 0.15) is 17.5 Å². The summed E-state index contributed by atoms with van der Waals surface area (Å²) >= 11 is 0. The van der Waals surface area contributed by atoms with Gasteiger partial charge in [-0.3, -0.25) is 0 Å². The van der Waals surface area contributed by atoms with E-state index >= 15 is 0 Å². The van der Waals surface area contributed by atoms with Crippen molar-refractivity contribution in [1.29, 1.82) is 0 Å². The van der Waals surface area contributed by atoms with E-state index in [2.05, 4.69) is 80.4 Å². The third-order valence-corrected chi connectivity index (χ3v) is 5.31. The average molecular weight is 373 g/mol. The zero-order valence-corrected chi connectivity index (χ0v) is 17.1. The predicted octanol–water partition coefficient (Wildman–Crippen LogP) is 5.64. The second kappa shape index (κ2) is 7.27. The van der Waals surface area contributed by atoms with Crippen LogP contribution in [0.25, 0.3) is 0 Å². The Morgan fingerprint density at radius 2 is 1.68 bits per heavy atom. The summed E-state index contributed by atoms with van der Waals surface area (Å²) in [6, 6.07) is 21.0. The van der Waals surface area contributed by atoms with Gasteiger partial charge >= 0.3 is 0 Å². The van der Waals surface area contributed by atoms with Crippen LogP contribution in [0.2, 0.25) is 0 Å². The molecule has 1 aliphatic heterocycles. The van der Waals surface area contributed by atoms with Gasteiger partial charge in [0.15, 0.2) is 0 Å². The Morgan fingerprint density at radius 1 is 0.964 bits per heavy atom. The largest absolute Gasteiger partial charge is 0.351 e. The molecule has 2 heterocycles. The zero-order chi connectivity index (χ0) is 19.7. The minimum absolute atomic E-state index is 0.0742. The molecule has 0 saturated carbocycles. The Hall–Kier alpha value is -2.88. The van der Waals surface area contributed by atoms with Gasteiger partial charge in [-0.1, -0.05) is 70.2 Å². The van der Waals surface area contributed by atoms with E-state index in [1.165, 1.54) is 11.1 Å². The molecular weight excluding hydrogens is 344 g/mol. The fraction of sp³-hybridized carbons (Fsp3) is 0.333. The first kappa shape index (κ1) is 18.5. The number of para-hydroxylation sites is 1. The van der Waals surface area contributed by atoms with Crippen LogP contribution in [-0.4, -0.2) is 16.5 Å². The Balaban J connectivity index is 1.71. The monoisotopic (exact) mass is 372 g/mol. The van der Waals surface area contributed by atoms with E-state index in [0.717, 1.165) is 36.2 Å². The normalized spacial score (nSPS) is 15.4. The standard InChI is InChI=1S/C24H28N4/c1-17(2)23-26-21(25-19-11-6-5-7-12-19)14-22(27-23)28-15-18-10-8-9-13-20(18)24(3,4)16-28/h5-14,17H,15-16H2,1-4H3,(H,25,26,27). The third-order valence-electron chi connectivity index (χ3n) is 5.31. The number of nitrogens with zero attached hydrogens (tertiary/aromatic N) is 3. The molecule has 0 amide bonds. The molecule has 0 aliphatic carbocycles. The lowest BCUT2D eigenvalue weighted by Crippen LogP contribution is -2.42. The van der Waals surface area contributed by atoms with Crippen molar-refractivity contribution in [3.63, 3.8) is 0 Å². The maximum atomic E-state index is 4.91. The van der Waals surface area contributed by atoms with Gasteiger partial charge in [-0.2, -0.15) is 0 Å². The van der Waals surface area contributed by atoms with Crippen LogP contribution in [0.5, 0.6) is 0 Å². The molecule has 2 aromatic carbocycles. The van der Waals surface area contributed by atoms with Crippen molar-refractivity contribution in [1.82, 2.24) is 9.97 Å². The molecule has 4 heteroatoms. The predicted molar refractivity (Wildman–Crippen MR) is 116 cm³/mol. The minimum atomic E-state index is 0.0742. The zero-order valence-electron chi connectivity index (χ0n) is 17.1. The van der Waals surface area contributed by atoms with E-state index in [4.69, 9.17) is 9.97 Å². The van der Waals surface area contributed by atoms with Gasteiger partial charge in [0, 0.05) is 36.2 Å². The van der Waals surface area contributed by atoms with Crippen molar-refractivity contribution in [2.45, 2.75) is 45.6 Å². The quantitative estimate of drug-likeness (QED) is 0.643. The van der Waals surface area contributed by atoms with Crippen LogP contribution in [0.15, 0.2) is 60.7 Å². The number of anilines is 3. The molecule has 0 bridgehead atoms. The highest BCUT2D eigenvalue weighted by atomic mass is 15.2. The first-order chi connectivity index (χ1) is 13.4. The van der Waals surface area contributed by atoms with Crippen LogP contribution < -0.4 is 10.2 Å². The minimum Gasteiger partial charge on any atom is -0.351 e. The Kier molecular flexibility index (Phi) is 4.80. The van der Waals surface area contributed by atoms with Gasteiger partial charge in [-0.05, 0) is 23.3 Å². The second-order valence-corrected chi connectivity index (χ2v) is 8.51. The highest BCUT2D eigenvalue weighted by Gasteiger charge is 2.32. The highest BCUT2D eigenvalue weighted by Crippen LogP contribution is 2.35. The van der Waals surface area contributed by atoms with Gasteiger partial charge in [0.05, 0.1) is 0 Å². The van der Waals surface area contributed by atoms with E-state index in [1.54, 1.807) is 0 Å². The van der Waals surface area contributed by atoms with Crippen molar-refractivity contribution in [2.75, 3.05) is 16.8 Å². The van der Waals surface area contributed by atoms with Gasteiger partial charge in [0.2, 0.25) is 0 Å². The van der Waals surface area contributed by atoms with E-state index in [0.29, 0.717) is 0 Å². The molecule has 144 valence electrons. The third kappa shape index (κ3) is 3.72. The van der Waals surface area contributed by atoms with Crippen molar-refractivity contribution < 1.29 is 0 Å². The molecule has 1 aliphatic rings. The fourth-order valence-electron chi connectivity index (χ4n) is 3.91. The van der Waals surface area contributed by atoms with Gasteiger partial charge < -0.3 is 10.2 Å². The number of hydrogen-bond acceptors (Lipinski definition) is 4. The van der Waals surface area contributed by atoms with E-state index in [9.17, 15) is 0 Å². The summed E-state index contributed by atoms with van der Waals surface area (Å²) in [5, 5.41) is 3.44. The maximum absolute atomic E-state index is 4.91. The SMILES string of the molecule is CC(C)c1nc(Nc2ccccc2)cc(N2Cc3ccccc3C(C)(C)C2)n1. The van der Waals surface area contributed by atoms with Gasteiger partial charge in [-0.15, -0.1) is 0 Å². The molecule has 0 fully saturated rings. The number of fused-ring (bicyclic) bond motifs is 1. The summed E-state index contributed by atoms with van der Waals surface area (Å²) in [4.78, 5) is 12.0. The molecular formula is C24H28N4. The molecule has 0 unspecified atom stereocenters. The molecule has 28 heavy (non-hydrogen) atoms. The summed E-state index contributed by atoms with van der Waals surface area (Å²) < 4.78 is 0. The van der Waals surface area contributed by atoms with E-state index in [1.807, 2.05) is 18.2 Å². The van der Waals surface area contributed by atoms with Gasteiger partial charge in [-0.25, -0.2) is 9.97 Å². The van der Waals surface area contributed by atoms with Crippen LogP contribution in [0, 0.1) is 0 Å². The average Bonchev–Trinajstić information content (AvgIpc) is 2.68. The second-order valence-electron chi connectivity index (χ2n) is 8.51. The molecule has 0 spiro atoms. The lowest BCUT2D eigenvalue weighted by molar-refractivity contribution is 0.474. The molecule has 0 atom stereocenters. The Bertz CT molecular complexity index is 963. The van der Waals surface area contributed by atoms with Crippen molar-refractivity contribution in [2.24, 2.45) is 0 Å². The Labute approximate surface area is 167 Å². The molecule has 1 aromatic heterocycles. The lowest BCUT2D eigenvalue weighted by Gasteiger charge is -2.40. The lowest BCUT2D eigenvalue weighted by atomic mass is 9.78. The number of nitrogens with one attached hydrogen (secondary N) is 1. The maximum Gasteiger partial charge on any atom is 0.136 e. The smallest absolute Gasteiger partial charge is 0.136 e.